The van der Waals surface area contributed by atoms with Gasteiger partial charge in [-0.3, -0.25) is 9.59 Å². The maximum absolute atomic E-state index is 12.4. The van der Waals surface area contributed by atoms with E-state index in [2.05, 4.69) is 26.0 Å². The van der Waals surface area contributed by atoms with Gasteiger partial charge in [0, 0.05) is 5.69 Å². The normalized spacial score (nSPS) is 10.6. The molecule has 0 saturated carbocycles. The summed E-state index contributed by atoms with van der Waals surface area (Å²) < 4.78 is 10.4. The lowest BCUT2D eigenvalue weighted by Crippen LogP contribution is -2.20. The molecular formula is C20H16BrN3O5. The molecule has 0 radical (unpaired) electrons. The Morgan fingerprint density at radius 3 is 2.45 bits per heavy atom. The fourth-order valence-corrected chi connectivity index (χ4v) is 2.70. The van der Waals surface area contributed by atoms with Crippen LogP contribution in [-0.4, -0.2) is 31.5 Å². The Morgan fingerprint density at radius 1 is 1.21 bits per heavy atom. The van der Waals surface area contributed by atoms with Gasteiger partial charge in [-0.05, 0) is 64.0 Å². The van der Waals surface area contributed by atoms with Crippen LogP contribution in [0.4, 0.5) is 5.69 Å². The van der Waals surface area contributed by atoms with Crippen molar-refractivity contribution in [1.82, 2.24) is 0 Å². The first-order chi connectivity index (χ1) is 13.8. The topological polar surface area (TPSA) is 132 Å². The van der Waals surface area contributed by atoms with Crippen LogP contribution in [0.2, 0.25) is 0 Å². The largest absolute Gasteiger partial charge is 0.483 e. The van der Waals surface area contributed by atoms with Crippen LogP contribution in [0.5, 0.6) is 5.75 Å². The minimum Gasteiger partial charge on any atom is -0.483 e. The van der Waals surface area contributed by atoms with Gasteiger partial charge in [0.15, 0.2) is 6.61 Å². The molecule has 0 heterocycles. The van der Waals surface area contributed by atoms with Crippen LogP contribution in [-0.2, 0) is 14.3 Å². The molecular weight excluding hydrogens is 442 g/mol. The number of carbonyl (C=O) groups excluding carboxylic acids is 3. The van der Waals surface area contributed by atoms with Crippen LogP contribution < -0.4 is 15.8 Å². The summed E-state index contributed by atoms with van der Waals surface area (Å²) in [5, 5.41) is 11.9. The van der Waals surface area contributed by atoms with Gasteiger partial charge < -0.3 is 20.5 Å². The predicted octanol–water partition coefficient (Wildman–Crippen LogP) is 2.65. The second-order valence-electron chi connectivity index (χ2n) is 5.64. The molecule has 148 valence electrons. The number of rotatable bonds is 7. The van der Waals surface area contributed by atoms with E-state index < -0.39 is 17.8 Å². The van der Waals surface area contributed by atoms with Crippen molar-refractivity contribution in [1.29, 1.82) is 5.26 Å². The molecule has 0 aliphatic rings. The molecule has 2 aromatic rings. The van der Waals surface area contributed by atoms with Crippen LogP contribution >= 0.6 is 15.9 Å². The van der Waals surface area contributed by atoms with E-state index in [1.807, 2.05) is 6.07 Å². The smallest absolute Gasteiger partial charge is 0.337 e. The number of carbonyl (C=O) groups is 3. The van der Waals surface area contributed by atoms with Gasteiger partial charge in [-0.15, -0.1) is 0 Å². The molecule has 0 aromatic heterocycles. The standard InChI is InChI=1S/C20H16BrN3O5/c1-28-20(27)13-3-5-15(6-4-13)24-19(26)14(10-22)8-12-2-7-17(16(21)9-12)29-11-18(23)25/h2-9H,11H2,1H3,(H2,23,25)(H,24,26)/b14-8+. The second-order valence-corrected chi connectivity index (χ2v) is 6.49. The molecule has 0 aliphatic heterocycles. The number of methoxy groups -OCH3 is 1. The van der Waals surface area contributed by atoms with Crippen LogP contribution in [0.1, 0.15) is 15.9 Å². The first-order valence-electron chi connectivity index (χ1n) is 8.16. The van der Waals surface area contributed by atoms with Crippen molar-refractivity contribution in [3.8, 4) is 11.8 Å². The highest BCUT2D eigenvalue weighted by Gasteiger charge is 2.12. The molecule has 0 atom stereocenters. The molecule has 2 rings (SSSR count). The van der Waals surface area contributed by atoms with Gasteiger partial charge in [0.05, 0.1) is 17.1 Å². The molecule has 29 heavy (non-hydrogen) atoms. The number of esters is 1. The number of nitrogens with one attached hydrogen (secondary N) is 1. The number of halogens is 1. The Hall–Kier alpha value is -3.64. The number of benzene rings is 2. The number of ether oxygens (including phenoxy) is 2. The van der Waals surface area contributed by atoms with Crippen molar-refractivity contribution in [3.05, 3.63) is 63.6 Å². The summed E-state index contributed by atoms with van der Waals surface area (Å²) in [5.74, 6) is -1.31. The Labute approximate surface area is 175 Å². The Bertz CT molecular complexity index is 1010. The van der Waals surface area contributed by atoms with Crippen molar-refractivity contribution in [2.24, 2.45) is 5.73 Å². The number of hydrogen-bond donors (Lipinski definition) is 2. The molecule has 0 aliphatic carbocycles. The lowest BCUT2D eigenvalue weighted by atomic mass is 10.1. The summed E-state index contributed by atoms with van der Waals surface area (Å²) in [6, 6.07) is 12.7. The zero-order valence-corrected chi connectivity index (χ0v) is 16.9. The van der Waals surface area contributed by atoms with E-state index in [4.69, 9.17) is 10.5 Å². The molecule has 3 N–H and O–H groups in total. The lowest BCUT2D eigenvalue weighted by Gasteiger charge is -2.08. The SMILES string of the molecule is COC(=O)c1ccc(NC(=O)/C(C#N)=C/c2ccc(OCC(N)=O)c(Br)c2)cc1. The summed E-state index contributed by atoms with van der Waals surface area (Å²) in [4.78, 5) is 34.6. The molecule has 0 spiro atoms. The number of hydrogen-bond acceptors (Lipinski definition) is 6. The number of anilines is 1. The fraction of sp³-hybridized carbons (Fsp3) is 0.100. The minimum absolute atomic E-state index is 0.125. The third-order valence-electron chi connectivity index (χ3n) is 3.57. The van der Waals surface area contributed by atoms with Gasteiger partial charge in [0.2, 0.25) is 0 Å². The maximum Gasteiger partial charge on any atom is 0.337 e. The molecule has 2 aromatic carbocycles. The molecule has 0 saturated heterocycles. The molecule has 0 fully saturated rings. The Morgan fingerprint density at radius 2 is 1.90 bits per heavy atom. The van der Waals surface area contributed by atoms with Crippen molar-refractivity contribution >= 4 is 45.5 Å². The van der Waals surface area contributed by atoms with Crippen molar-refractivity contribution in [3.63, 3.8) is 0 Å². The summed E-state index contributed by atoms with van der Waals surface area (Å²) in [7, 11) is 1.27. The Balaban J connectivity index is 2.13. The first-order valence-corrected chi connectivity index (χ1v) is 8.95. The van der Waals surface area contributed by atoms with Crippen molar-refractivity contribution < 1.29 is 23.9 Å². The van der Waals surface area contributed by atoms with E-state index in [-0.39, 0.29) is 12.2 Å². The zero-order valence-electron chi connectivity index (χ0n) is 15.3. The third-order valence-corrected chi connectivity index (χ3v) is 4.19. The number of nitrogens with zero attached hydrogens (tertiary/aromatic N) is 1. The van der Waals surface area contributed by atoms with E-state index in [0.717, 1.165) is 0 Å². The van der Waals surface area contributed by atoms with Crippen LogP contribution in [0.3, 0.4) is 0 Å². The van der Waals surface area contributed by atoms with Crippen molar-refractivity contribution in [2.45, 2.75) is 0 Å². The van der Waals surface area contributed by atoms with Gasteiger partial charge in [-0.2, -0.15) is 5.26 Å². The van der Waals surface area contributed by atoms with Gasteiger partial charge in [0.25, 0.3) is 11.8 Å². The monoisotopic (exact) mass is 457 g/mol. The lowest BCUT2D eigenvalue weighted by molar-refractivity contribution is -0.120. The summed E-state index contributed by atoms with van der Waals surface area (Å²) in [6.45, 7) is -0.269. The van der Waals surface area contributed by atoms with E-state index in [9.17, 15) is 19.6 Å². The number of nitriles is 1. The van der Waals surface area contributed by atoms with E-state index in [1.54, 1.807) is 18.2 Å². The van der Waals surface area contributed by atoms with Gasteiger partial charge in [-0.25, -0.2) is 4.79 Å². The maximum atomic E-state index is 12.4. The Kier molecular flexibility index (Phi) is 7.51. The third kappa shape index (κ3) is 6.19. The fourth-order valence-electron chi connectivity index (χ4n) is 2.19. The molecule has 0 bridgehead atoms. The van der Waals surface area contributed by atoms with E-state index >= 15 is 0 Å². The number of primary amides is 1. The van der Waals surface area contributed by atoms with Gasteiger partial charge >= 0.3 is 5.97 Å². The summed E-state index contributed by atoms with van der Waals surface area (Å²) >= 11 is 3.30. The van der Waals surface area contributed by atoms with Crippen molar-refractivity contribution in [2.75, 3.05) is 19.0 Å². The van der Waals surface area contributed by atoms with E-state index in [0.29, 0.717) is 27.0 Å². The molecule has 2 amide bonds. The summed E-state index contributed by atoms with van der Waals surface area (Å²) in [5.41, 5.74) is 6.23. The quantitative estimate of drug-likeness (QED) is 0.373. The van der Waals surface area contributed by atoms with Crippen LogP contribution in [0.25, 0.3) is 6.08 Å². The van der Waals surface area contributed by atoms with E-state index in [1.165, 1.54) is 37.5 Å². The highest BCUT2D eigenvalue weighted by atomic mass is 79.9. The van der Waals surface area contributed by atoms with Gasteiger partial charge in [0.1, 0.15) is 17.4 Å². The second kappa shape index (κ2) is 10.1. The first kappa shape index (κ1) is 21.7. The van der Waals surface area contributed by atoms with Gasteiger partial charge in [-0.1, -0.05) is 6.07 Å². The van der Waals surface area contributed by atoms with Crippen LogP contribution in [0, 0.1) is 11.3 Å². The molecule has 8 nitrogen and oxygen atoms in total. The zero-order chi connectivity index (χ0) is 21.4. The average Bonchev–Trinajstić information content (AvgIpc) is 2.71. The molecule has 9 heteroatoms. The average molecular weight is 458 g/mol. The molecule has 0 unspecified atom stereocenters. The predicted molar refractivity (Wildman–Crippen MR) is 109 cm³/mol. The number of amides is 2. The highest BCUT2D eigenvalue weighted by Crippen LogP contribution is 2.27. The van der Waals surface area contributed by atoms with Crippen LogP contribution in [0.15, 0.2) is 52.5 Å². The summed E-state index contributed by atoms with van der Waals surface area (Å²) in [6.07, 6.45) is 1.40. The minimum atomic E-state index is -0.608. The number of nitrogens with two attached hydrogens (primary N) is 1. The highest BCUT2D eigenvalue weighted by molar-refractivity contribution is 9.10.